The van der Waals surface area contributed by atoms with Crippen LogP contribution < -0.4 is 5.32 Å². The summed E-state index contributed by atoms with van der Waals surface area (Å²) >= 11 is 0. The average molecular weight is 255 g/mol. The maximum atomic E-state index is 12.2. The predicted octanol–water partition coefficient (Wildman–Crippen LogP) is -0.408. The number of likely N-dealkylation sites (N-methyl/N-ethyl adjacent to an activating group) is 1. The molecular formula is C12H21N3O3. The molecule has 0 radical (unpaired) electrons. The molecule has 0 aromatic rings. The van der Waals surface area contributed by atoms with Crippen LogP contribution in [0, 0.1) is 0 Å². The number of carbonyl (C=O) groups is 3. The van der Waals surface area contributed by atoms with Crippen LogP contribution in [-0.4, -0.2) is 60.7 Å². The van der Waals surface area contributed by atoms with Crippen LogP contribution in [0.1, 0.15) is 26.2 Å². The van der Waals surface area contributed by atoms with Gasteiger partial charge in [-0.1, -0.05) is 0 Å². The van der Waals surface area contributed by atoms with Crippen molar-refractivity contribution in [1.82, 2.24) is 15.1 Å². The van der Waals surface area contributed by atoms with Gasteiger partial charge in [0.15, 0.2) is 0 Å². The summed E-state index contributed by atoms with van der Waals surface area (Å²) in [5.41, 5.74) is 0. The van der Waals surface area contributed by atoms with Crippen LogP contribution in [-0.2, 0) is 14.4 Å². The van der Waals surface area contributed by atoms with Crippen LogP contribution in [0.5, 0.6) is 0 Å². The Morgan fingerprint density at radius 2 is 2.06 bits per heavy atom. The van der Waals surface area contributed by atoms with Crippen molar-refractivity contribution in [1.29, 1.82) is 0 Å². The number of likely N-dealkylation sites (tertiary alicyclic amines) is 1. The second kappa shape index (κ2) is 6.37. The highest BCUT2D eigenvalue weighted by atomic mass is 16.2. The van der Waals surface area contributed by atoms with E-state index in [0.717, 1.165) is 12.8 Å². The molecule has 1 aliphatic heterocycles. The topological polar surface area (TPSA) is 69.7 Å². The molecule has 3 amide bonds. The summed E-state index contributed by atoms with van der Waals surface area (Å²) in [5, 5.41) is 2.65. The molecule has 1 aliphatic rings. The van der Waals surface area contributed by atoms with Crippen molar-refractivity contribution in [2.45, 2.75) is 32.2 Å². The van der Waals surface area contributed by atoms with Gasteiger partial charge in [-0.25, -0.2) is 0 Å². The molecule has 1 atom stereocenters. The fourth-order valence-electron chi connectivity index (χ4n) is 1.95. The minimum absolute atomic E-state index is 0.0852. The Morgan fingerprint density at radius 1 is 1.39 bits per heavy atom. The maximum absolute atomic E-state index is 12.2. The molecule has 1 rings (SSSR count). The molecule has 1 fully saturated rings. The number of amides is 3. The Kier molecular flexibility index (Phi) is 5.12. The van der Waals surface area contributed by atoms with Gasteiger partial charge in [-0.2, -0.15) is 0 Å². The molecule has 6 heteroatoms. The zero-order chi connectivity index (χ0) is 13.7. The van der Waals surface area contributed by atoms with Gasteiger partial charge < -0.3 is 15.1 Å². The lowest BCUT2D eigenvalue weighted by Crippen LogP contribution is -2.49. The molecule has 0 aliphatic carbocycles. The highest BCUT2D eigenvalue weighted by molar-refractivity contribution is 5.90. The fraction of sp³-hybridized carbons (Fsp3) is 0.750. The van der Waals surface area contributed by atoms with Gasteiger partial charge in [0.2, 0.25) is 17.7 Å². The second-order valence-corrected chi connectivity index (χ2v) is 4.80. The number of hydrogen-bond acceptors (Lipinski definition) is 3. The Labute approximate surface area is 107 Å². The Morgan fingerprint density at radius 3 is 2.61 bits per heavy atom. The molecule has 0 saturated carbocycles. The average Bonchev–Trinajstić information content (AvgIpc) is 2.43. The van der Waals surface area contributed by atoms with Gasteiger partial charge in [-0.3, -0.25) is 14.4 Å². The van der Waals surface area contributed by atoms with Gasteiger partial charge in [-0.05, 0) is 19.3 Å². The first-order chi connectivity index (χ1) is 8.41. The molecular weight excluding hydrogens is 234 g/mol. The smallest absolute Gasteiger partial charge is 0.245 e. The van der Waals surface area contributed by atoms with Crippen molar-refractivity contribution in [3.8, 4) is 0 Å². The summed E-state index contributed by atoms with van der Waals surface area (Å²) in [6.07, 6.45) is 2.39. The molecule has 102 valence electrons. The van der Waals surface area contributed by atoms with Gasteiger partial charge in [0.25, 0.3) is 0 Å². The summed E-state index contributed by atoms with van der Waals surface area (Å²) in [6.45, 7) is 2.06. The van der Waals surface area contributed by atoms with Crippen molar-refractivity contribution >= 4 is 17.7 Å². The van der Waals surface area contributed by atoms with E-state index >= 15 is 0 Å². The minimum Gasteiger partial charge on any atom is -0.347 e. The maximum Gasteiger partial charge on any atom is 0.245 e. The molecule has 18 heavy (non-hydrogen) atoms. The van der Waals surface area contributed by atoms with Crippen LogP contribution in [0.25, 0.3) is 0 Å². The largest absolute Gasteiger partial charge is 0.347 e. The van der Waals surface area contributed by atoms with Crippen molar-refractivity contribution in [3.05, 3.63) is 0 Å². The Hall–Kier alpha value is -1.59. The van der Waals surface area contributed by atoms with Crippen molar-refractivity contribution in [2.75, 3.05) is 27.2 Å². The van der Waals surface area contributed by atoms with Gasteiger partial charge in [0.05, 0.1) is 6.54 Å². The van der Waals surface area contributed by atoms with Crippen LogP contribution in [0.2, 0.25) is 0 Å². The third-order valence-electron chi connectivity index (χ3n) is 2.98. The second-order valence-electron chi connectivity index (χ2n) is 4.80. The van der Waals surface area contributed by atoms with E-state index in [9.17, 15) is 14.4 Å². The summed E-state index contributed by atoms with van der Waals surface area (Å²) in [7, 11) is 3.33. The van der Waals surface area contributed by atoms with E-state index in [4.69, 9.17) is 0 Å². The van der Waals surface area contributed by atoms with Gasteiger partial charge in [0.1, 0.15) is 6.04 Å². The van der Waals surface area contributed by atoms with Crippen LogP contribution in [0.4, 0.5) is 0 Å². The summed E-state index contributed by atoms with van der Waals surface area (Å²) < 4.78 is 0. The van der Waals surface area contributed by atoms with Crippen LogP contribution in [0.3, 0.4) is 0 Å². The summed E-state index contributed by atoms with van der Waals surface area (Å²) in [5.74, 6) is -0.473. The summed E-state index contributed by atoms with van der Waals surface area (Å²) in [6, 6.07) is -0.486. The number of rotatable bonds is 3. The molecule has 0 aromatic heterocycles. The monoisotopic (exact) mass is 255 g/mol. The lowest BCUT2D eigenvalue weighted by molar-refractivity contribution is -0.141. The van der Waals surface area contributed by atoms with Crippen LogP contribution in [0.15, 0.2) is 0 Å². The minimum atomic E-state index is -0.486. The SMILES string of the molecule is CC(=O)NC1CCCCN(CC(=O)N(C)C)C1=O. The highest BCUT2D eigenvalue weighted by Gasteiger charge is 2.28. The van der Waals surface area contributed by atoms with E-state index in [1.807, 2.05) is 0 Å². The van der Waals surface area contributed by atoms with E-state index < -0.39 is 6.04 Å². The molecule has 0 spiro atoms. The van der Waals surface area contributed by atoms with E-state index in [2.05, 4.69) is 5.32 Å². The fourth-order valence-corrected chi connectivity index (χ4v) is 1.95. The van der Waals surface area contributed by atoms with Gasteiger partial charge in [0, 0.05) is 27.6 Å². The first-order valence-electron chi connectivity index (χ1n) is 6.18. The zero-order valence-corrected chi connectivity index (χ0v) is 11.2. The number of nitrogens with zero attached hydrogens (tertiary/aromatic N) is 2. The first kappa shape index (κ1) is 14.5. The molecule has 0 aromatic carbocycles. The highest BCUT2D eigenvalue weighted by Crippen LogP contribution is 2.12. The zero-order valence-electron chi connectivity index (χ0n) is 11.2. The molecule has 1 N–H and O–H groups in total. The third-order valence-corrected chi connectivity index (χ3v) is 2.98. The molecule has 6 nitrogen and oxygen atoms in total. The predicted molar refractivity (Wildman–Crippen MR) is 66.7 cm³/mol. The van der Waals surface area contributed by atoms with Gasteiger partial charge >= 0.3 is 0 Å². The van der Waals surface area contributed by atoms with E-state index in [0.29, 0.717) is 13.0 Å². The molecule has 1 heterocycles. The van der Waals surface area contributed by atoms with Gasteiger partial charge in [-0.15, -0.1) is 0 Å². The van der Waals surface area contributed by atoms with E-state index in [1.54, 1.807) is 14.1 Å². The normalized spacial score (nSPS) is 20.3. The van der Waals surface area contributed by atoms with E-state index in [-0.39, 0.29) is 24.3 Å². The lowest BCUT2D eigenvalue weighted by Gasteiger charge is -2.25. The molecule has 1 unspecified atom stereocenters. The quantitative estimate of drug-likeness (QED) is 0.745. The molecule has 0 bridgehead atoms. The lowest BCUT2D eigenvalue weighted by atomic mass is 10.1. The number of carbonyl (C=O) groups excluding carboxylic acids is 3. The standard InChI is InChI=1S/C12H21N3O3/c1-9(16)13-10-6-4-5-7-15(12(10)18)8-11(17)14(2)3/h10H,4-8H2,1-3H3,(H,13,16). The Bertz CT molecular complexity index is 341. The van der Waals surface area contributed by atoms with Crippen molar-refractivity contribution in [3.63, 3.8) is 0 Å². The Balaban J connectivity index is 2.68. The first-order valence-corrected chi connectivity index (χ1v) is 6.18. The van der Waals surface area contributed by atoms with E-state index in [1.165, 1.54) is 16.7 Å². The van der Waals surface area contributed by atoms with Crippen LogP contribution >= 0.6 is 0 Å². The molecule has 1 saturated heterocycles. The number of nitrogens with one attached hydrogen (secondary N) is 1. The van der Waals surface area contributed by atoms with Crippen molar-refractivity contribution in [2.24, 2.45) is 0 Å². The number of hydrogen-bond donors (Lipinski definition) is 1. The summed E-state index contributed by atoms with van der Waals surface area (Å²) in [4.78, 5) is 37.9. The van der Waals surface area contributed by atoms with Crippen molar-refractivity contribution < 1.29 is 14.4 Å². The third kappa shape index (κ3) is 4.01.